The van der Waals surface area contributed by atoms with Gasteiger partial charge in [0.25, 0.3) is 11.8 Å². The first-order valence-electron chi connectivity index (χ1n) is 18.2. The third kappa shape index (κ3) is 13.6. The number of hydrogen-bond acceptors (Lipinski definition) is 10. The maximum atomic E-state index is 12.7. The maximum Gasteiger partial charge on any atom is 0.387 e. The number of benzene rings is 4. The minimum atomic E-state index is -3.63. The van der Waals surface area contributed by atoms with Crippen LogP contribution in [-0.2, 0) is 32.5 Å². The second-order valence-corrected chi connectivity index (χ2v) is 15.1. The van der Waals surface area contributed by atoms with Gasteiger partial charge < -0.3 is 34.0 Å². The van der Waals surface area contributed by atoms with Crippen LogP contribution in [-0.4, -0.2) is 56.7 Å². The van der Waals surface area contributed by atoms with Crippen molar-refractivity contribution in [1.29, 1.82) is 0 Å². The van der Waals surface area contributed by atoms with Crippen LogP contribution in [0, 0.1) is 13.8 Å². The Balaban J connectivity index is 0.000000236. The molecule has 14 nitrogen and oxygen atoms in total. The Kier molecular flexibility index (Phi) is 14.9. The first-order chi connectivity index (χ1) is 29.3. The summed E-state index contributed by atoms with van der Waals surface area (Å²) < 4.78 is 93.0. The molecule has 4 aromatic carbocycles. The van der Waals surface area contributed by atoms with Crippen LogP contribution in [0.25, 0.3) is 22.6 Å². The van der Waals surface area contributed by atoms with Crippen molar-refractivity contribution < 1.29 is 68.6 Å². The first-order valence-corrected chi connectivity index (χ1v) is 20.1. The average molecular weight is 880 g/mol. The summed E-state index contributed by atoms with van der Waals surface area (Å²) in [6.07, 6.45) is 0.663. The van der Waals surface area contributed by atoms with Gasteiger partial charge in [0.1, 0.15) is 34.5 Å². The molecule has 0 aliphatic rings. The summed E-state index contributed by atoms with van der Waals surface area (Å²) in [6, 6.07) is 27.6. The van der Waals surface area contributed by atoms with Gasteiger partial charge in [0, 0.05) is 22.5 Å². The van der Waals surface area contributed by atoms with E-state index in [1.54, 1.807) is 80.6 Å². The molecule has 6 rings (SSSR count). The molecule has 0 atom stereocenters. The number of carboxylic acids is 1. The normalized spacial score (nSPS) is 11.0. The largest absolute Gasteiger partial charge is 0.481 e. The van der Waals surface area contributed by atoms with Crippen LogP contribution in [0.15, 0.2) is 118 Å². The third-order valence-corrected chi connectivity index (χ3v) is 9.09. The summed E-state index contributed by atoms with van der Waals surface area (Å²) in [5.41, 5.74) is 3.95. The molecule has 62 heavy (non-hydrogen) atoms. The maximum absolute atomic E-state index is 12.7. The van der Waals surface area contributed by atoms with E-state index in [0.29, 0.717) is 62.2 Å². The van der Waals surface area contributed by atoms with Gasteiger partial charge in [-0.3, -0.25) is 23.9 Å². The highest BCUT2D eigenvalue weighted by Crippen LogP contribution is 2.30. The molecule has 0 saturated carbocycles. The Labute approximate surface area is 351 Å². The van der Waals surface area contributed by atoms with Crippen LogP contribution < -0.4 is 24.8 Å². The zero-order valence-corrected chi connectivity index (χ0v) is 33.7. The van der Waals surface area contributed by atoms with Crippen LogP contribution >= 0.6 is 0 Å². The lowest BCUT2D eigenvalue weighted by Crippen LogP contribution is -2.30. The number of aliphatic carboxylic acids is 1. The van der Waals surface area contributed by atoms with E-state index in [-0.39, 0.29) is 35.8 Å². The summed E-state index contributed by atoms with van der Waals surface area (Å²) in [5, 5.41) is 14.2. The summed E-state index contributed by atoms with van der Waals surface area (Å²) in [6.45, 7) is -2.56. The fourth-order valence-electron chi connectivity index (χ4n) is 5.71. The molecule has 0 spiro atoms. The number of carbonyl (C=O) groups excluding carboxylic acids is 3. The summed E-state index contributed by atoms with van der Waals surface area (Å²) in [4.78, 5) is 47.6. The molecule has 0 aliphatic carbocycles. The van der Waals surface area contributed by atoms with Crippen LogP contribution in [0.4, 0.5) is 28.9 Å². The van der Waals surface area contributed by atoms with E-state index < -0.39 is 41.0 Å². The predicted octanol–water partition coefficient (Wildman–Crippen LogP) is 8.46. The molecule has 4 N–H and O–H groups in total. The lowest BCUT2D eigenvalue weighted by Gasteiger charge is -2.06. The summed E-state index contributed by atoms with van der Waals surface area (Å²) in [7, 11) is -3.63. The van der Waals surface area contributed by atoms with Crippen molar-refractivity contribution >= 4 is 45.1 Å². The number of furan rings is 2. The van der Waals surface area contributed by atoms with Gasteiger partial charge in [0.2, 0.25) is 15.9 Å². The molecule has 0 radical (unpaired) electrons. The molecule has 0 fully saturated rings. The Morgan fingerprint density at radius 3 is 1.32 bits per heavy atom. The Bertz CT molecular complexity index is 2630. The van der Waals surface area contributed by atoms with E-state index in [2.05, 4.69) is 20.1 Å². The number of ether oxygens (including phenoxy) is 2. The molecular formula is C43H37F4N3O11S. The van der Waals surface area contributed by atoms with Crippen LogP contribution in [0.5, 0.6) is 11.5 Å². The zero-order chi connectivity index (χ0) is 45.1. The summed E-state index contributed by atoms with van der Waals surface area (Å²) >= 11 is 0. The number of carboxylic acid groups (broad SMARTS) is 1. The predicted molar refractivity (Wildman–Crippen MR) is 218 cm³/mol. The van der Waals surface area contributed by atoms with E-state index in [1.807, 2.05) is 4.72 Å². The second-order valence-electron chi connectivity index (χ2n) is 13.3. The van der Waals surface area contributed by atoms with Crippen molar-refractivity contribution in [3.63, 3.8) is 0 Å². The minimum absolute atomic E-state index is 0.00670. The van der Waals surface area contributed by atoms with Gasteiger partial charge in [0.05, 0.1) is 30.2 Å². The van der Waals surface area contributed by atoms with E-state index in [4.69, 9.17) is 13.9 Å². The minimum Gasteiger partial charge on any atom is -0.481 e. The molecule has 0 aliphatic heterocycles. The highest BCUT2D eigenvalue weighted by molar-refractivity contribution is 7.89. The Morgan fingerprint density at radius 2 is 0.984 bits per heavy atom. The number of nitrogens with one attached hydrogen (secondary N) is 3. The first kappa shape index (κ1) is 45.7. The lowest BCUT2D eigenvalue weighted by molar-refractivity contribution is -0.136. The topological polar surface area (TPSA) is 203 Å². The van der Waals surface area contributed by atoms with Crippen LogP contribution in [0.3, 0.4) is 0 Å². The monoisotopic (exact) mass is 879 g/mol. The molecule has 0 unspecified atom stereocenters. The number of rotatable bonds is 15. The zero-order valence-electron chi connectivity index (χ0n) is 32.9. The van der Waals surface area contributed by atoms with Crippen molar-refractivity contribution in [2.24, 2.45) is 0 Å². The molecule has 6 aromatic rings. The number of anilines is 2. The molecule has 2 aromatic heterocycles. The van der Waals surface area contributed by atoms with Gasteiger partial charge in [-0.2, -0.15) is 17.6 Å². The number of hydrogen-bond donors (Lipinski definition) is 4. The van der Waals surface area contributed by atoms with Gasteiger partial charge in [-0.15, -0.1) is 0 Å². The molecular weight excluding hydrogens is 843 g/mol. The number of aryl methyl sites for hydroxylation is 2. The molecule has 19 heteroatoms. The highest BCUT2D eigenvalue weighted by atomic mass is 32.2. The van der Waals surface area contributed by atoms with Crippen molar-refractivity contribution in [3.05, 3.63) is 143 Å². The van der Waals surface area contributed by atoms with Crippen LogP contribution in [0.1, 0.15) is 43.4 Å². The van der Waals surface area contributed by atoms with Crippen LogP contribution in [0.2, 0.25) is 0 Å². The second kappa shape index (κ2) is 20.2. The molecule has 3 amide bonds. The van der Waals surface area contributed by atoms with Gasteiger partial charge in [-0.05, 0) is 110 Å². The number of halogens is 4. The van der Waals surface area contributed by atoms with E-state index in [0.717, 1.165) is 6.26 Å². The van der Waals surface area contributed by atoms with Crippen molar-refractivity contribution in [2.75, 3.05) is 16.9 Å². The van der Waals surface area contributed by atoms with Crippen molar-refractivity contribution in [1.82, 2.24) is 4.72 Å². The van der Waals surface area contributed by atoms with E-state index in [9.17, 15) is 45.2 Å². The van der Waals surface area contributed by atoms with Gasteiger partial charge in [-0.1, -0.05) is 24.3 Å². The molecule has 0 bridgehead atoms. The fraction of sp³-hybridized carbons (Fsp3) is 0.163. The van der Waals surface area contributed by atoms with E-state index >= 15 is 0 Å². The lowest BCUT2D eigenvalue weighted by atomic mass is 10.1. The molecule has 324 valence electrons. The number of amides is 3. The Hall–Kier alpha value is -7.41. The molecule has 0 saturated heterocycles. The number of sulfonamides is 1. The Morgan fingerprint density at radius 1 is 0.613 bits per heavy atom. The van der Waals surface area contributed by atoms with Gasteiger partial charge in [0.15, 0.2) is 0 Å². The highest BCUT2D eigenvalue weighted by Gasteiger charge is 2.19. The number of alkyl halides is 4. The fourth-order valence-corrected chi connectivity index (χ4v) is 6.20. The molecule has 2 heterocycles. The van der Waals surface area contributed by atoms with Gasteiger partial charge in [-0.25, -0.2) is 8.42 Å². The van der Waals surface area contributed by atoms with Crippen molar-refractivity contribution in [3.8, 4) is 34.1 Å². The SMILES string of the molecule is Cc1oc(-c2ccc(OC(F)F)cc2)cc1C(=O)Nc1ccc(CC(=O)NS(C)(=O)=O)cc1.Cc1oc(-c2ccc(OC(F)F)cc2)cc1C(=O)Nc1ccc(CC(=O)O)cc1. The third-order valence-electron chi connectivity index (χ3n) is 8.50. The quantitative estimate of drug-likeness (QED) is 0.0721. The smallest absolute Gasteiger partial charge is 0.387 e. The van der Waals surface area contributed by atoms with Crippen molar-refractivity contribution in [2.45, 2.75) is 39.9 Å². The number of carbonyl (C=O) groups is 4. The summed E-state index contributed by atoms with van der Waals surface area (Å²) in [5.74, 6) is -0.826. The average Bonchev–Trinajstić information content (AvgIpc) is 3.78. The standard InChI is InChI=1S/C22H20F2N2O6S.C21H17F2NO5/c1-13-18(12-19(31-13)15-5-9-17(10-6-15)32-22(23)24)21(28)25-16-7-3-14(4-8-16)11-20(27)26-33(2,29)30;1-12-17(20(27)24-15-6-2-13(3-7-15)10-19(25)26)11-18(28-12)14-4-8-16(9-5-14)29-21(22)23/h3-10,12,22H,11H2,1-2H3,(H,25,28)(H,26,27);2-9,11,21H,10H2,1H3,(H,24,27)(H,25,26). The van der Waals surface area contributed by atoms with E-state index in [1.165, 1.54) is 42.5 Å². The van der Waals surface area contributed by atoms with Gasteiger partial charge >= 0.3 is 19.2 Å².